The maximum absolute atomic E-state index is 12.2. The SMILES string of the molecule is O=C1CCOc2ccccc2N1CC1(CS)CC1. The molecule has 4 heteroatoms. The highest BCUT2D eigenvalue weighted by atomic mass is 32.1. The average molecular weight is 263 g/mol. The Kier molecular flexibility index (Phi) is 2.98. The van der Waals surface area contributed by atoms with E-state index in [9.17, 15) is 4.79 Å². The second-order valence-electron chi connectivity index (χ2n) is 5.20. The number of carbonyl (C=O) groups is 1. The summed E-state index contributed by atoms with van der Waals surface area (Å²) < 4.78 is 5.64. The third kappa shape index (κ3) is 2.09. The standard InChI is InChI=1S/C14H17NO2S/c16-13-5-8-17-12-4-2-1-3-11(12)15(13)9-14(10-18)6-7-14/h1-4,18H,5-10H2. The van der Waals surface area contributed by atoms with E-state index in [1.807, 2.05) is 29.2 Å². The summed E-state index contributed by atoms with van der Waals surface area (Å²) in [5, 5.41) is 0. The Hall–Kier alpha value is -1.16. The van der Waals surface area contributed by atoms with Crippen molar-refractivity contribution in [1.29, 1.82) is 0 Å². The number of para-hydroxylation sites is 2. The maximum atomic E-state index is 12.2. The zero-order chi connectivity index (χ0) is 12.6. The molecular formula is C14H17NO2S. The number of anilines is 1. The van der Waals surface area contributed by atoms with Crippen LogP contribution < -0.4 is 9.64 Å². The van der Waals surface area contributed by atoms with Crippen molar-refractivity contribution in [2.45, 2.75) is 19.3 Å². The number of thiol groups is 1. The van der Waals surface area contributed by atoms with Crippen LogP contribution in [0.5, 0.6) is 5.75 Å². The Morgan fingerprint density at radius 3 is 2.83 bits per heavy atom. The molecule has 3 nitrogen and oxygen atoms in total. The van der Waals surface area contributed by atoms with Crippen LogP contribution in [0.4, 0.5) is 5.69 Å². The summed E-state index contributed by atoms with van der Waals surface area (Å²) in [7, 11) is 0. The number of rotatable bonds is 3. The molecule has 0 spiro atoms. The molecule has 1 saturated carbocycles. The summed E-state index contributed by atoms with van der Waals surface area (Å²) >= 11 is 4.42. The Morgan fingerprint density at radius 2 is 2.11 bits per heavy atom. The van der Waals surface area contributed by atoms with Gasteiger partial charge in [-0.2, -0.15) is 12.6 Å². The molecule has 18 heavy (non-hydrogen) atoms. The van der Waals surface area contributed by atoms with Crippen LogP contribution in [-0.2, 0) is 4.79 Å². The van der Waals surface area contributed by atoms with Crippen molar-refractivity contribution in [2.24, 2.45) is 5.41 Å². The first kappa shape index (κ1) is 11.9. The van der Waals surface area contributed by atoms with E-state index < -0.39 is 0 Å². The fourth-order valence-electron chi connectivity index (χ4n) is 2.37. The summed E-state index contributed by atoms with van der Waals surface area (Å²) in [6.45, 7) is 1.25. The van der Waals surface area contributed by atoms with Gasteiger partial charge < -0.3 is 9.64 Å². The smallest absolute Gasteiger partial charge is 0.230 e. The summed E-state index contributed by atoms with van der Waals surface area (Å²) in [6, 6.07) is 7.79. The topological polar surface area (TPSA) is 29.5 Å². The summed E-state index contributed by atoms with van der Waals surface area (Å²) in [5.41, 5.74) is 1.14. The van der Waals surface area contributed by atoms with Gasteiger partial charge in [-0.3, -0.25) is 4.79 Å². The van der Waals surface area contributed by atoms with Gasteiger partial charge in [0.05, 0.1) is 18.7 Å². The first-order valence-electron chi connectivity index (χ1n) is 6.37. The molecule has 3 rings (SSSR count). The molecule has 1 aromatic rings. The highest BCUT2D eigenvalue weighted by molar-refractivity contribution is 7.80. The van der Waals surface area contributed by atoms with E-state index in [1.54, 1.807) is 0 Å². The van der Waals surface area contributed by atoms with Gasteiger partial charge in [0.2, 0.25) is 5.91 Å². The lowest BCUT2D eigenvalue weighted by Gasteiger charge is -2.26. The first-order valence-corrected chi connectivity index (χ1v) is 7.00. The fraction of sp³-hybridized carbons (Fsp3) is 0.500. The molecule has 0 N–H and O–H groups in total. The summed E-state index contributed by atoms with van der Waals surface area (Å²) in [6.07, 6.45) is 2.80. The van der Waals surface area contributed by atoms with Crippen molar-refractivity contribution in [3.8, 4) is 5.75 Å². The molecule has 1 amide bonds. The summed E-state index contributed by atoms with van der Waals surface area (Å²) in [4.78, 5) is 14.1. The van der Waals surface area contributed by atoms with Gasteiger partial charge in [-0.05, 0) is 36.1 Å². The molecule has 0 atom stereocenters. The van der Waals surface area contributed by atoms with Gasteiger partial charge in [-0.1, -0.05) is 12.1 Å². The van der Waals surface area contributed by atoms with Crippen LogP contribution in [0.3, 0.4) is 0 Å². The van der Waals surface area contributed by atoms with Crippen molar-refractivity contribution in [3.05, 3.63) is 24.3 Å². The molecule has 1 aliphatic heterocycles. The average Bonchev–Trinajstić information content (AvgIpc) is 3.18. The maximum Gasteiger partial charge on any atom is 0.230 e. The molecule has 0 radical (unpaired) electrons. The van der Waals surface area contributed by atoms with E-state index >= 15 is 0 Å². The van der Waals surface area contributed by atoms with E-state index in [2.05, 4.69) is 12.6 Å². The minimum atomic E-state index is 0.160. The second-order valence-corrected chi connectivity index (χ2v) is 5.52. The van der Waals surface area contributed by atoms with Crippen molar-refractivity contribution < 1.29 is 9.53 Å². The van der Waals surface area contributed by atoms with Crippen LogP contribution in [0.1, 0.15) is 19.3 Å². The lowest BCUT2D eigenvalue weighted by Crippen LogP contribution is -2.36. The molecule has 1 heterocycles. The predicted molar refractivity (Wildman–Crippen MR) is 74.4 cm³/mol. The molecular weight excluding hydrogens is 246 g/mol. The van der Waals surface area contributed by atoms with Gasteiger partial charge in [0.25, 0.3) is 0 Å². The molecule has 0 unspecified atom stereocenters. The summed E-state index contributed by atoms with van der Waals surface area (Å²) in [5.74, 6) is 1.83. The number of benzene rings is 1. The normalized spacial score (nSPS) is 20.9. The fourth-order valence-corrected chi connectivity index (χ4v) is 2.79. The molecule has 0 bridgehead atoms. The quantitative estimate of drug-likeness (QED) is 0.849. The first-order chi connectivity index (χ1) is 8.74. The Morgan fingerprint density at radius 1 is 1.33 bits per heavy atom. The number of ether oxygens (including phenoxy) is 1. The molecule has 2 aliphatic rings. The van der Waals surface area contributed by atoms with Gasteiger partial charge >= 0.3 is 0 Å². The van der Waals surface area contributed by atoms with Crippen molar-refractivity contribution in [1.82, 2.24) is 0 Å². The van der Waals surface area contributed by atoms with E-state index in [0.29, 0.717) is 13.0 Å². The van der Waals surface area contributed by atoms with Crippen molar-refractivity contribution in [3.63, 3.8) is 0 Å². The van der Waals surface area contributed by atoms with Crippen LogP contribution in [0, 0.1) is 5.41 Å². The monoisotopic (exact) mass is 263 g/mol. The lowest BCUT2D eigenvalue weighted by atomic mass is 10.1. The van der Waals surface area contributed by atoms with E-state index in [4.69, 9.17) is 4.74 Å². The number of amides is 1. The van der Waals surface area contributed by atoms with Crippen LogP contribution in [0.25, 0.3) is 0 Å². The van der Waals surface area contributed by atoms with Gasteiger partial charge in [-0.15, -0.1) is 0 Å². The van der Waals surface area contributed by atoms with E-state index in [-0.39, 0.29) is 11.3 Å². The molecule has 0 aromatic heterocycles. The second kappa shape index (κ2) is 4.50. The van der Waals surface area contributed by atoms with Crippen LogP contribution >= 0.6 is 12.6 Å². The Bertz CT molecular complexity index is 471. The van der Waals surface area contributed by atoms with Gasteiger partial charge in [0, 0.05) is 6.54 Å². The third-order valence-electron chi connectivity index (χ3n) is 3.82. The number of hydrogen-bond donors (Lipinski definition) is 1. The number of carbonyl (C=O) groups excluding carboxylic acids is 1. The zero-order valence-corrected chi connectivity index (χ0v) is 11.2. The van der Waals surface area contributed by atoms with Crippen molar-refractivity contribution >= 4 is 24.2 Å². The van der Waals surface area contributed by atoms with Crippen LogP contribution in [-0.4, -0.2) is 24.8 Å². The van der Waals surface area contributed by atoms with Crippen molar-refractivity contribution in [2.75, 3.05) is 23.8 Å². The van der Waals surface area contributed by atoms with Gasteiger partial charge in [0.1, 0.15) is 5.75 Å². The van der Waals surface area contributed by atoms with Gasteiger partial charge in [-0.25, -0.2) is 0 Å². The largest absolute Gasteiger partial charge is 0.491 e. The zero-order valence-electron chi connectivity index (χ0n) is 10.3. The number of fused-ring (bicyclic) bond motifs is 1. The van der Waals surface area contributed by atoms with Gasteiger partial charge in [0.15, 0.2) is 0 Å². The molecule has 96 valence electrons. The Labute approximate surface area is 113 Å². The van der Waals surface area contributed by atoms with Crippen LogP contribution in [0.2, 0.25) is 0 Å². The van der Waals surface area contributed by atoms with E-state index in [0.717, 1.165) is 23.7 Å². The molecule has 1 aliphatic carbocycles. The minimum absolute atomic E-state index is 0.160. The third-order valence-corrected chi connectivity index (χ3v) is 4.49. The molecule has 1 aromatic carbocycles. The highest BCUT2D eigenvalue weighted by Gasteiger charge is 2.44. The molecule has 1 fully saturated rings. The number of nitrogens with zero attached hydrogens (tertiary/aromatic N) is 1. The highest BCUT2D eigenvalue weighted by Crippen LogP contribution is 2.48. The Balaban J connectivity index is 1.92. The number of hydrogen-bond acceptors (Lipinski definition) is 3. The lowest BCUT2D eigenvalue weighted by molar-refractivity contribution is -0.119. The van der Waals surface area contributed by atoms with Crippen LogP contribution in [0.15, 0.2) is 24.3 Å². The van der Waals surface area contributed by atoms with E-state index in [1.165, 1.54) is 12.8 Å². The molecule has 0 saturated heterocycles. The predicted octanol–water partition coefficient (Wildman–Crippen LogP) is 2.51. The minimum Gasteiger partial charge on any atom is -0.491 e.